The zero-order valence-electron chi connectivity index (χ0n) is 10.9. The largest absolute Gasteiger partial charge is 0.484 e. The molecule has 0 bridgehead atoms. The summed E-state index contributed by atoms with van der Waals surface area (Å²) in [5.41, 5.74) is 1.85. The van der Waals surface area contributed by atoms with Crippen molar-refractivity contribution in [1.29, 1.82) is 0 Å². The zero-order chi connectivity index (χ0) is 14.9. The summed E-state index contributed by atoms with van der Waals surface area (Å²) in [5, 5.41) is 5.65. The van der Waals surface area contributed by atoms with Crippen LogP contribution in [0, 0.1) is 6.92 Å². The Bertz CT molecular complexity index is 620. The number of hydrogen-bond acceptors (Lipinski definition) is 2. The van der Waals surface area contributed by atoms with Crippen molar-refractivity contribution in [2.24, 2.45) is 0 Å². The van der Waals surface area contributed by atoms with Crippen LogP contribution in [-0.2, 0) is 13.2 Å². The third kappa shape index (κ3) is 3.25. The normalized spacial score (nSPS) is 10.9. The van der Waals surface area contributed by atoms with Crippen molar-refractivity contribution in [3.63, 3.8) is 0 Å². The van der Waals surface area contributed by atoms with Crippen molar-refractivity contribution in [1.82, 2.24) is 9.78 Å². The molecule has 2 rings (SSSR count). The Labute approximate surface area is 140 Å². The van der Waals surface area contributed by atoms with Gasteiger partial charge >= 0.3 is 0 Å². The highest BCUT2D eigenvalue weighted by Gasteiger charge is 2.15. The SMILES string of the molecule is CCn1nc(C)c(Br)c1COc1c(Cl)cc(Cl)cc1Cl. The first-order valence-electron chi connectivity index (χ1n) is 5.93. The van der Waals surface area contributed by atoms with Crippen molar-refractivity contribution >= 4 is 50.7 Å². The minimum atomic E-state index is 0.316. The van der Waals surface area contributed by atoms with Crippen LogP contribution in [0.3, 0.4) is 0 Å². The van der Waals surface area contributed by atoms with Gasteiger partial charge in [0.2, 0.25) is 0 Å². The molecule has 0 aliphatic heterocycles. The second-order valence-corrected chi connectivity index (χ2v) is 6.19. The van der Waals surface area contributed by atoms with Gasteiger partial charge in [0.05, 0.1) is 25.9 Å². The summed E-state index contributed by atoms with van der Waals surface area (Å²) in [5.74, 6) is 0.422. The Hall–Kier alpha value is -0.420. The molecule has 1 aromatic carbocycles. The molecule has 0 saturated heterocycles. The molecule has 2 aromatic rings. The van der Waals surface area contributed by atoms with E-state index in [0.29, 0.717) is 27.4 Å². The lowest BCUT2D eigenvalue weighted by atomic mass is 10.3. The molecule has 1 aromatic heterocycles. The average molecular weight is 399 g/mol. The smallest absolute Gasteiger partial charge is 0.157 e. The van der Waals surface area contributed by atoms with Gasteiger partial charge in [0.1, 0.15) is 6.61 Å². The molecule has 0 N–H and O–H groups in total. The summed E-state index contributed by atoms with van der Waals surface area (Å²) in [6.45, 7) is 5.02. The van der Waals surface area contributed by atoms with Crippen LogP contribution in [0.4, 0.5) is 0 Å². The summed E-state index contributed by atoms with van der Waals surface area (Å²) in [6, 6.07) is 3.20. The monoisotopic (exact) mass is 396 g/mol. The Morgan fingerprint density at radius 3 is 2.40 bits per heavy atom. The van der Waals surface area contributed by atoms with Gasteiger partial charge < -0.3 is 4.74 Å². The van der Waals surface area contributed by atoms with Crippen molar-refractivity contribution in [2.45, 2.75) is 27.0 Å². The molecule has 108 valence electrons. The van der Waals surface area contributed by atoms with Crippen LogP contribution in [0.1, 0.15) is 18.3 Å². The van der Waals surface area contributed by atoms with Gasteiger partial charge in [0, 0.05) is 11.6 Å². The number of aryl methyl sites for hydroxylation is 2. The van der Waals surface area contributed by atoms with E-state index in [1.165, 1.54) is 0 Å². The number of hydrogen-bond donors (Lipinski definition) is 0. The van der Waals surface area contributed by atoms with Gasteiger partial charge in [0.25, 0.3) is 0 Å². The lowest BCUT2D eigenvalue weighted by Crippen LogP contribution is -2.07. The molecule has 0 unspecified atom stereocenters. The zero-order valence-corrected chi connectivity index (χ0v) is 14.7. The predicted molar refractivity (Wildman–Crippen MR) is 86.1 cm³/mol. The maximum Gasteiger partial charge on any atom is 0.157 e. The predicted octanol–water partition coefficient (Wildman–Crippen LogP) is 5.51. The quantitative estimate of drug-likeness (QED) is 0.679. The summed E-state index contributed by atoms with van der Waals surface area (Å²) < 4.78 is 8.54. The van der Waals surface area contributed by atoms with Crippen molar-refractivity contribution < 1.29 is 4.74 Å². The number of aromatic nitrogens is 2. The fourth-order valence-corrected chi connectivity index (χ4v) is 3.14. The van der Waals surface area contributed by atoms with E-state index in [1.54, 1.807) is 12.1 Å². The number of ether oxygens (including phenoxy) is 1. The van der Waals surface area contributed by atoms with Gasteiger partial charge in [-0.15, -0.1) is 0 Å². The van der Waals surface area contributed by atoms with E-state index in [2.05, 4.69) is 21.0 Å². The molecular weight excluding hydrogens is 386 g/mol. The number of rotatable bonds is 4. The molecule has 0 saturated carbocycles. The van der Waals surface area contributed by atoms with E-state index >= 15 is 0 Å². The molecule has 0 amide bonds. The van der Waals surface area contributed by atoms with Crippen molar-refractivity contribution in [2.75, 3.05) is 0 Å². The van der Waals surface area contributed by atoms with Gasteiger partial charge in [-0.1, -0.05) is 34.8 Å². The highest BCUT2D eigenvalue weighted by Crippen LogP contribution is 2.36. The maximum atomic E-state index is 6.09. The lowest BCUT2D eigenvalue weighted by molar-refractivity contribution is 0.292. The van der Waals surface area contributed by atoms with Crippen LogP contribution >= 0.6 is 50.7 Å². The van der Waals surface area contributed by atoms with Gasteiger partial charge in [-0.3, -0.25) is 4.68 Å². The summed E-state index contributed by atoms with van der Waals surface area (Å²) >= 11 is 21.6. The molecule has 0 spiro atoms. The van der Waals surface area contributed by atoms with E-state index in [0.717, 1.165) is 22.4 Å². The average Bonchev–Trinajstić information content (AvgIpc) is 2.64. The second kappa shape index (κ2) is 6.56. The Morgan fingerprint density at radius 2 is 1.85 bits per heavy atom. The number of halogens is 4. The van der Waals surface area contributed by atoms with Crippen LogP contribution < -0.4 is 4.74 Å². The van der Waals surface area contributed by atoms with Gasteiger partial charge in [-0.2, -0.15) is 5.10 Å². The van der Waals surface area contributed by atoms with Crippen LogP contribution in [0.5, 0.6) is 5.75 Å². The summed E-state index contributed by atoms with van der Waals surface area (Å²) in [6.07, 6.45) is 0. The summed E-state index contributed by atoms with van der Waals surface area (Å²) in [7, 11) is 0. The van der Waals surface area contributed by atoms with Crippen LogP contribution in [-0.4, -0.2) is 9.78 Å². The third-order valence-electron chi connectivity index (χ3n) is 2.77. The molecule has 1 heterocycles. The fourth-order valence-electron chi connectivity index (χ4n) is 1.81. The standard InChI is InChI=1S/C13H12BrCl3N2O/c1-3-19-11(12(14)7(2)18-19)6-20-13-9(16)4-8(15)5-10(13)17/h4-5H,3,6H2,1-2H3. The first-order chi connectivity index (χ1) is 9.43. The molecule has 7 heteroatoms. The number of nitrogens with zero attached hydrogens (tertiary/aromatic N) is 2. The first kappa shape index (κ1) is 16.0. The van der Waals surface area contributed by atoms with E-state index < -0.39 is 0 Å². The number of benzene rings is 1. The molecule has 0 atom stereocenters. The van der Waals surface area contributed by atoms with Crippen LogP contribution in [0.25, 0.3) is 0 Å². The third-order valence-corrected chi connectivity index (χ3v) is 4.58. The van der Waals surface area contributed by atoms with E-state index in [4.69, 9.17) is 39.5 Å². The topological polar surface area (TPSA) is 27.1 Å². The second-order valence-electron chi connectivity index (χ2n) is 4.15. The van der Waals surface area contributed by atoms with Crippen molar-refractivity contribution in [3.8, 4) is 5.75 Å². The molecule has 3 nitrogen and oxygen atoms in total. The van der Waals surface area contributed by atoms with Crippen molar-refractivity contribution in [3.05, 3.63) is 43.1 Å². The highest BCUT2D eigenvalue weighted by molar-refractivity contribution is 9.10. The lowest BCUT2D eigenvalue weighted by Gasteiger charge is -2.11. The highest BCUT2D eigenvalue weighted by atomic mass is 79.9. The Morgan fingerprint density at radius 1 is 1.25 bits per heavy atom. The van der Waals surface area contributed by atoms with Gasteiger partial charge in [-0.25, -0.2) is 0 Å². The fraction of sp³-hybridized carbons (Fsp3) is 0.308. The van der Waals surface area contributed by atoms with Crippen LogP contribution in [0.2, 0.25) is 15.1 Å². The first-order valence-corrected chi connectivity index (χ1v) is 7.85. The minimum absolute atomic E-state index is 0.316. The van der Waals surface area contributed by atoms with E-state index in [1.807, 2.05) is 18.5 Å². The molecular formula is C13H12BrCl3N2O. The van der Waals surface area contributed by atoms with Gasteiger partial charge in [0.15, 0.2) is 5.75 Å². The van der Waals surface area contributed by atoms with Crippen LogP contribution in [0.15, 0.2) is 16.6 Å². The molecule has 0 fully saturated rings. The maximum absolute atomic E-state index is 6.09. The Kier molecular flexibility index (Phi) is 5.24. The molecule has 0 aliphatic rings. The molecule has 0 radical (unpaired) electrons. The Balaban J connectivity index is 2.26. The van der Waals surface area contributed by atoms with E-state index in [-0.39, 0.29) is 0 Å². The minimum Gasteiger partial charge on any atom is -0.484 e. The summed E-state index contributed by atoms with van der Waals surface area (Å²) in [4.78, 5) is 0. The van der Waals surface area contributed by atoms with Gasteiger partial charge in [-0.05, 0) is 41.9 Å². The van der Waals surface area contributed by atoms with E-state index in [9.17, 15) is 0 Å². The molecule has 20 heavy (non-hydrogen) atoms. The molecule has 0 aliphatic carbocycles.